The largest absolute Gasteiger partial charge is 0.103 e. The van der Waals surface area contributed by atoms with Crippen LogP contribution in [0.25, 0.3) is 5.57 Å². The Hall–Kier alpha value is -1.73. The van der Waals surface area contributed by atoms with Crippen LogP contribution in [0.4, 0.5) is 0 Å². The summed E-state index contributed by atoms with van der Waals surface area (Å²) < 4.78 is 0. The smallest absolute Gasteiger partial charge is 0.0297 e. The lowest BCUT2D eigenvalue weighted by atomic mass is 9.74. The average molecular weight is 337 g/mol. The zero-order valence-corrected chi connectivity index (χ0v) is 16.2. The van der Waals surface area contributed by atoms with Crippen LogP contribution in [0.3, 0.4) is 0 Å². The maximum Gasteiger partial charge on any atom is 0.0297 e. The van der Waals surface area contributed by atoms with Gasteiger partial charge in [0.1, 0.15) is 0 Å². The molecule has 0 saturated heterocycles. The van der Waals surface area contributed by atoms with E-state index in [-0.39, 0.29) is 5.41 Å². The predicted molar refractivity (Wildman–Crippen MR) is 111 cm³/mol. The highest BCUT2D eigenvalue weighted by Gasteiger charge is 2.46. The first-order valence-corrected chi connectivity index (χ1v) is 9.62. The molecular weight excluding hydrogens is 308 g/mol. The van der Waals surface area contributed by atoms with Gasteiger partial charge >= 0.3 is 0 Å². The molecule has 1 heteroatoms. The van der Waals surface area contributed by atoms with Crippen LogP contribution in [0.1, 0.15) is 51.7 Å². The molecule has 0 N–H and O–H groups in total. The third-order valence-electron chi connectivity index (χ3n) is 4.81. The lowest BCUT2D eigenvalue weighted by molar-refractivity contribution is 0.558. The van der Waals surface area contributed by atoms with Gasteiger partial charge in [-0.15, -0.1) is 11.8 Å². The van der Waals surface area contributed by atoms with Crippen LogP contribution < -0.4 is 0 Å². The van der Waals surface area contributed by atoms with Gasteiger partial charge in [0, 0.05) is 5.41 Å². The summed E-state index contributed by atoms with van der Waals surface area (Å²) in [6.45, 7) is 16.4. The second kappa shape index (κ2) is 7.90. The van der Waals surface area contributed by atoms with Crippen molar-refractivity contribution in [2.75, 3.05) is 0 Å². The van der Waals surface area contributed by atoms with Crippen LogP contribution in [-0.4, -0.2) is 0 Å². The number of allylic oxidation sites excluding steroid dienone is 7. The number of fused-ring (bicyclic) bond motifs is 2. The van der Waals surface area contributed by atoms with Crippen molar-refractivity contribution in [3.05, 3.63) is 88.2 Å². The SMILES string of the molecule is C=CSC1=C(C)CC2(C1)C(C=C)=C(/C=C\C)c1ccccc12.CC. The van der Waals surface area contributed by atoms with Crippen LogP contribution in [0.5, 0.6) is 0 Å². The van der Waals surface area contributed by atoms with E-state index < -0.39 is 0 Å². The van der Waals surface area contributed by atoms with Crippen molar-refractivity contribution < 1.29 is 0 Å². The summed E-state index contributed by atoms with van der Waals surface area (Å²) in [4.78, 5) is 1.46. The molecule has 1 aromatic rings. The molecule has 0 fully saturated rings. The van der Waals surface area contributed by atoms with Crippen molar-refractivity contribution in [3.8, 4) is 0 Å². The number of hydrogen-bond acceptors (Lipinski definition) is 1. The second-order valence-corrected chi connectivity index (χ2v) is 7.06. The maximum atomic E-state index is 4.14. The third kappa shape index (κ3) is 2.86. The Morgan fingerprint density at radius 3 is 2.46 bits per heavy atom. The van der Waals surface area contributed by atoms with Gasteiger partial charge in [0.25, 0.3) is 0 Å². The van der Waals surface area contributed by atoms with E-state index in [0.29, 0.717) is 0 Å². The minimum atomic E-state index is 0.0720. The molecule has 2 aliphatic rings. The molecule has 24 heavy (non-hydrogen) atoms. The molecule has 126 valence electrons. The molecule has 3 rings (SSSR count). The van der Waals surface area contributed by atoms with E-state index >= 15 is 0 Å². The van der Waals surface area contributed by atoms with Crippen molar-refractivity contribution >= 4 is 17.3 Å². The van der Waals surface area contributed by atoms with Gasteiger partial charge in [0.2, 0.25) is 0 Å². The minimum Gasteiger partial charge on any atom is -0.103 e. The predicted octanol–water partition coefficient (Wildman–Crippen LogP) is 7.42. The Balaban J connectivity index is 0.00000100. The molecule has 0 radical (unpaired) electrons. The molecule has 0 amide bonds. The number of hydrogen-bond donors (Lipinski definition) is 0. The Labute approximate surface area is 151 Å². The highest BCUT2D eigenvalue weighted by molar-refractivity contribution is 8.05. The number of benzene rings is 1. The Kier molecular flexibility index (Phi) is 6.12. The fourth-order valence-electron chi connectivity index (χ4n) is 4.00. The molecule has 0 heterocycles. The minimum absolute atomic E-state index is 0.0720. The van der Waals surface area contributed by atoms with Gasteiger partial charge in [0.05, 0.1) is 0 Å². The molecule has 1 aromatic carbocycles. The molecule has 0 nitrogen and oxygen atoms in total. The van der Waals surface area contributed by atoms with E-state index in [1.165, 1.54) is 32.8 Å². The lowest BCUT2D eigenvalue weighted by Crippen LogP contribution is -2.22. The Morgan fingerprint density at radius 1 is 1.12 bits per heavy atom. The Morgan fingerprint density at radius 2 is 1.83 bits per heavy atom. The van der Waals surface area contributed by atoms with Gasteiger partial charge in [-0.3, -0.25) is 0 Å². The van der Waals surface area contributed by atoms with Crippen LogP contribution >= 0.6 is 11.8 Å². The monoisotopic (exact) mass is 336 g/mol. The quantitative estimate of drug-likeness (QED) is 0.551. The summed E-state index contributed by atoms with van der Waals surface area (Å²) in [6.07, 6.45) is 8.59. The van der Waals surface area contributed by atoms with Gasteiger partial charge in [-0.25, -0.2) is 0 Å². The van der Waals surface area contributed by atoms with Gasteiger partial charge in [-0.2, -0.15) is 0 Å². The standard InChI is InChI=1S/C21H22S.C2H6/c1-5-10-16-17-11-8-9-12-19(17)21(18(16)6-2)13-15(4)20(14-21)22-7-3;1-2/h5-12H,2-3,13-14H2,1,4H3;1-2H3/b10-5-;. The van der Waals surface area contributed by atoms with E-state index in [9.17, 15) is 0 Å². The zero-order valence-electron chi connectivity index (χ0n) is 15.4. The van der Waals surface area contributed by atoms with Gasteiger partial charge in [0.15, 0.2) is 0 Å². The number of rotatable bonds is 4. The van der Waals surface area contributed by atoms with E-state index in [0.717, 1.165) is 12.8 Å². The third-order valence-corrected chi connectivity index (χ3v) is 5.75. The summed E-state index contributed by atoms with van der Waals surface area (Å²) in [5.74, 6) is 0. The number of thioether (sulfide) groups is 1. The molecule has 1 spiro atoms. The van der Waals surface area contributed by atoms with E-state index in [1.54, 1.807) is 11.8 Å². The van der Waals surface area contributed by atoms with Gasteiger partial charge in [-0.1, -0.05) is 75.1 Å². The van der Waals surface area contributed by atoms with Crippen LogP contribution in [0, 0.1) is 0 Å². The van der Waals surface area contributed by atoms with Gasteiger partial charge in [-0.05, 0) is 59.3 Å². The average Bonchev–Trinajstić information content (AvgIpc) is 3.06. The van der Waals surface area contributed by atoms with Crippen LogP contribution in [0.2, 0.25) is 0 Å². The lowest BCUT2D eigenvalue weighted by Gasteiger charge is -2.28. The molecule has 0 saturated carbocycles. The summed E-state index contributed by atoms with van der Waals surface area (Å²) in [5, 5.41) is 1.95. The Bertz CT molecular complexity index is 730. The molecule has 2 aliphatic carbocycles. The van der Waals surface area contributed by atoms with Crippen molar-refractivity contribution in [2.45, 2.75) is 46.0 Å². The summed E-state index contributed by atoms with van der Waals surface area (Å²) in [7, 11) is 0. The summed E-state index contributed by atoms with van der Waals surface area (Å²) in [6, 6.07) is 8.84. The van der Waals surface area contributed by atoms with Crippen LogP contribution in [0.15, 0.2) is 77.1 Å². The zero-order chi connectivity index (χ0) is 17.7. The highest BCUT2D eigenvalue weighted by atomic mass is 32.2. The van der Waals surface area contributed by atoms with Crippen molar-refractivity contribution in [2.24, 2.45) is 0 Å². The normalized spacial score (nSPS) is 22.0. The van der Waals surface area contributed by atoms with E-state index in [4.69, 9.17) is 0 Å². The van der Waals surface area contributed by atoms with Crippen molar-refractivity contribution in [1.29, 1.82) is 0 Å². The van der Waals surface area contributed by atoms with E-state index in [2.05, 4.69) is 69.5 Å². The fraction of sp³-hybridized carbons (Fsp3) is 0.304. The summed E-state index contributed by atoms with van der Waals surface area (Å²) >= 11 is 1.78. The second-order valence-electron chi connectivity index (χ2n) is 6.00. The van der Waals surface area contributed by atoms with Gasteiger partial charge < -0.3 is 0 Å². The summed E-state index contributed by atoms with van der Waals surface area (Å²) in [5.41, 5.74) is 7.10. The van der Waals surface area contributed by atoms with Crippen molar-refractivity contribution in [3.63, 3.8) is 0 Å². The molecule has 0 bridgehead atoms. The molecule has 1 atom stereocenters. The molecule has 0 aromatic heterocycles. The maximum absolute atomic E-state index is 4.14. The van der Waals surface area contributed by atoms with E-state index in [1.807, 2.05) is 19.3 Å². The first-order valence-electron chi connectivity index (χ1n) is 8.74. The molecular formula is C23H28S. The van der Waals surface area contributed by atoms with Crippen molar-refractivity contribution in [1.82, 2.24) is 0 Å². The molecule has 0 aliphatic heterocycles. The first kappa shape index (κ1) is 18.6. The highest BCUT2D eigenvalue weighted by Crippen LogP contribution is 2.58. The molecule has 1 unspecified atom stereocenters. The van der Waals surface area contributed by atoms with Crippen LogP contribution in [-0.2, 0) is 5.41 Å². The first-order chi connectivity index (χ1) is 11.7. The topological polar surface area (TPSA) is 0 Å². The fourth-order valence-corrected chi connectivity index (χ4v) is 4.80.